The van der Waals surface area contributed by atoms with Gasteiger partial charge in [0.1, 0.15) is 23.1 Å². The van der Waals surface area contributed by atoms with Gasteiger partial charge in [0.05, 0.1) is 31.5 Å². The van der Waals surface area contributed by atoms with E-state index in [1.807, 2.05) is 0 Å². The highest BCUT2D eigenvalue weighted by Gasteiger charge is 2.18. The molecule has 0 unspecified atom stereocenters. The van der Waals surface area contributed by atoms with Gasteiger partial charge in [-0.05, 0) is 0 Å². The zero-order valence-electron chi connectivity index (χ0n) is 9.45. The number of H-pyrrole nitrogens is 1. The van der Waals surface area contributed by atoms with Gasteiger partial charge in [-0.3, -0.25) is 5.10 Å². The summed E-state index contributed by atoms with van der Waals surface area (Å²) < 4.78 is 23.6. The summed E-state index contributed by atoms with van der Waals surface area (Å²) in [6, 6.07) is 2.54. The van der Waals surface area contributed by atoms with Crippen molar-refractivity contribution in [3.05, 3.63) is 24.1 Å². The second-order valence-electron chi connectivity index (χ2n) is 3.38. The standard InChI is InChI=1S/C11H12FN3O2/c1-16-8-3-6(12)4-9(17-2)10(8)7-5-14-15-11(7)13/h3-5H,1-2H3,(H3,13,14,15). The van der Waals surface area contributed by atoms with Gasteiger partial charge in [0.15, 0.2) is 0 Å². The van der Waals surface area contributed by atoms with Gasteiger partial charge in [-0.1, -0.05) is 0 Å². The van der Waals surface area contributed by atoms with Crippen molar-refractivity contribution in [1.29, 1.82) is 0 Å². The van der Waals surface area contributed by atoms with Crippen molar-refractivity contribution in [2.75, 3.05) is 20.0 Å². The third-order valence-electron chi connectivity index (χ3n) is 2.41. The van der Waals surface area contributed by atoms with Crippen molar-refractivity contribution < 1.29 is 13.9 Å². The predicted molar refractivity (Wildman–Crippen MR) is 61.5 cm³/mol. The number of nitrogen functional groups attached to an aromatic ring is 1. The van der Waals surface area contributed by atoms with E-state index < -0.39 is 5.82 Å². The molecule has 5 nitrogen and oxygen atoms in total. The van der Waals surface area contributed by atoms with Gasteiger partial charge in [0, 0.05) is 12.1 Å². The Morgan fingerprint density at radius 1 is 1.24 bits per heavy atom. The lowest BCUT2D eigenvalue weighted by molar-refractivity contribution is 0.392. The van der Waals surface area contributed by atoms with E-state index in [2.05, 4.69) is 10.2 Å². The summed E-state index contributed by atoms with van der Waals surface area (Å²) >= 11 is 0. The molecule has 6 heteroatoms. The lowest BCUT2D eigenvalue weighted by Gasteiger charge is -2.12. The maximum Gasteiger partial charge on any atom is 0.133 e. The molecule has 1 heterocycles. The molecule has 0 aliphatic heterocycles. The van der Waals surface area contributed by atoms with Gasteiger partial charge in [-0.15, -0.1) is 0 Å². The van der Waals surface area contributed by atoms with Crippen molar-refractivity contribution in [2.24, 2.45) is 0 Å². The summed E-state index contributed by atoms with van der Waals surface area (Å²) in [6.07, 6.45) is 1.54. The van der Waals surface area contributed by atoms with Crippen LogP contribution in [-0.2, 0) is 0 Å². The first-order chi connectivity index (χ1) is 8.17. The molecule has 0 aliphatic rings. The van der Waals surface area contributed by atoms with Gasteiger partial charge in [-0.2, -0.15) is 5.10 Å². The van der Waals surface area contributed by atoms with Crippen LogP contribution >= 0.6 is 0 Å². The summed E-state index contributed by atoms with van der Waals surface area (Å²) in [7, 11) is 2.90. The highest BCUT2D eigenvalue weighted by molar-refractivity contribution is 5.82. The number of rotatable bonds is 3. The minimum atomic E-state index is -0.440. The van der Waals surface area contributed by atoms with E-state index in [0.717, 1.165) is 0 Å². The van der Waals surface area contributed by atoms with Crippen molar-refractivity contribution >= 4 is 5.82 Å². The number of aromatic nitrogens is 2. The van der Waals surface area contributed by atoms with Crippen molar-refractivity contribution in [2.45, 2.75) is 0 Å². The third-order valence-corrected chi connectivity index (χ3v) is 2.41. The molecule has 2 aromatic rings. The molecule has 17 heavy (non-hydrogen) atoms. The average molecular weight is 237 g/mol. The minimum absolute atomic E-state index is 0.343. The van der Waals surface area contributed by atoms with E-state index in [9.17, 15) is 4.39 Å². The molecule has 1 aromatic heterocycles. The Morgan fingerprint density at radius 2 is 1.82 bits per heavy atom. The van der Waals surface area contributed by atoms with Crippen LogP contribution in [0.5, 0.6) is 11.5 Å². The van der Waals surface area contributed by atoms with Crippen LogP contribution in [0.1, 0.15) is 0 Å². The van der Waals surface area contributed by atoms with Crippen molar-refractivity contribution in [1.82, 2.24) is 10.2 Å². The summed E-state index contributed by atoms with van der Waals surface area (Å²) in [5, 5.41) is 6.42. The molecule has 0 radical (unpaired) electrons. The van der Waals surface area contributed by atoms with Crippen molar-refractivity contribution in [3.8, 4) is 22.6 Å². The summed E-state index contributed by atoms with van der Waals surface area (Å²) in [5.74, 6) is 0.614. The summed E-state index contributed by atoms with van der Waals surface area (Å²) in [4.78, 5) is 0. The second-order valence-corrected chi connectivity index (χ2v) is 3.38. The molecular weight excluding hydrogens is 225 g/mol. The highest BCUT2D eigenvalue weighted by Crippen LogP contribution is 2.40. The summed E-state index contributed by atoms with van der Waals surface area (Å²) in [5.41, 5.74) is 6.92. The van der Waals surface area contributed by atoms with Gasteiger partial charge in [0.2, 0.25) is 0 Å². The van der Waals surface area contributed by atoms with Gasteiger partial charge < -0.3 is 15.2 Å². The number of ether oxygens (including phenoxy) is 2. The normalized spacial score (nSPS) is 10.3. The Labute approximate surface area is 97.3 Å². The quantitative estimate of drug-likeness (QED) is 0.853. The zero-order chi connectivity index (χ0) is 12.4. The fourth-order valence-corrected chi connectivity index (χ4v) is 1.64. The van der Waals surface area contributed by atoms with Crippen LogP contribution in [0.25, 0.3) is 11.1 Å². The number of nitrogens with two attached hydrogens (primary N) is 1. The second kappa shape index (κ2) is 4.32. The van der Waals surface area contributed by atoms with E-state index in [-0.39, 0.29) is 0 Å². The molecule has 0 spiro atoms. The number of nitrogens with zero attached hydrogens (tertiary/aromatic N) is 1. The van der Waals surface area contributed by atoms with Gasteiger partial charge >= 0.3 is 0 Å². The van der Waals surface area contributed by atoms with Gasteiger partial charge in [-0.25, -0.2) is 4.39 Å². The zero-order valence-corrected chi connectivity index (χ0v) is 9.45. The highest BCUT2D eigenvalue weighted by atomic mass is 19.1. The number of anilines is 1. The SMILES string of the molecule is COc1cc(F)cc(OC)c1-c1cn[nH]c1N. The van der Waals surface area contributed by atoms with Gasteiger partial charge in [0.25, 0.3) is 0 Å². The lowest BCUT2D eigenvalue weighted by Crippen LogP contribution is -1.96. The molecule has 0 fully saturated rings. The number of hydrogen-bond donors (Lipinski definition) is 2. The van der Waals surface area contributed by atoms with Crippen LogP contribution in [0.15, 0.2) is 18.3 Å². The molecule has 0 aliphatic carbocycles. The molecular formula is C11H12FN3O2. The number of halogens is 1. The molecule has 0 saturated heterocycles. The van der Waals surface area contributed by atoms with Crippen LogP contribution in [0, 0.1) is 5.82 Å². The Hall–Kier alpha value is -2.24. The predicted octanol–water partition coefficient (Wildman–Crippen LogP) is 1.82. The number of hydrogen-bond acceptors (Lipinski definition) is 4. The van der Waals surface area contributed by atoms with Crippen LogP contribution < -0.4 is 15.2 Å². The largest absolute Gasteiger partial charge is 0.496 e. The summed E-state index contributed by atoms with van der Waals surface area (Å²) in [6.45, 7) is 0. The molecule has 0 amide bonds. The molecule has 3 N–H and O–H groups in total. The maximum atomic E-state index is 13.3. The maximum absolute atomic E-state index is 13.3. The van der Waals surface area contributed by atoms with Crippen LogP contribution in [-0.4, -0.2) is 24.4 Å². The fourth-order valence-electron chi connectivity index (χ4n) is 1.64. The Bertz CT molecular complexity index is 514. The number of methoxy groups -OCH3 is 2. The number of benzene rings is 1. The van der Waals surface area contributed by atoms with E-state index in [0.29, 0.717) is 28.4 Å². The molecule has 90 valence electrons. The minimum Gasteiger partial charge on any atom is -0.496 e. The first-order valence-electron chi connectivity index (χ1n) is 4.88. The molecule has 1 aromatic carbocycles. The molecule has 0 bridgehead atoms. The van der Waals surface area contributed by atoms with Crippen LogP contribution in [0.4, 0.5) is 10.2 Å². The first-order valence-corrected chi connectivity index (χ1v) is 4.88. The topological polar surface area (TPSA) is 73.2 Å². The van der Waals surface area contributed by atoms with Crippen molar-refractivity contribution in [3.63, 3.8) is 0 Å². The number of aromatic amines is 1. The smallest absolute Gasteiger partial charge is 0.133 e. The monoisotopic (exact) mass is 237 g/mol. The van der Waals surface area contributed by atoms with E-state index in [1.54, 1.807) is 0 Å². The molecule has 0 atom stereocenters. The Kier molecular flexibility index (Phi) is 2.86. The van der Waals surface area contributed by atoms with Crippen LogP contribution in [0.2, 0.25) is 0 Å². The van der Waals surface area contributed by atoms with E-state index >= 15 is 0 Å². The third kappa shape index (κ3) is 1.89. The first kappa shape index (κ1) is 11.3. The Morgan fingerprint density at radius 3 is 2.24 bits per heavy atom. The number of nitrogens with one attached hydrogen (secondary N) is 1. The van der Waals surface area contributed by atoms with E-state index in [1.165, 1.54) is 32.5 Å². The molecule has 2 rings (SSSR count). The molecule has 0 saturated carbocycles. The van der Waals surface area contributed by atoms with E-state index in [4.69, 9.17) is 15.2 Å². The average Bonchev–Trinajstić information content (AvgIpc) is 2.74. The van der Waals surface area contributed by atoms with Crippen LogP contribution in [0.3, 0.4) is 0 Å². The lowest BCUT2D eigenvalue weighted by atomic mass is 10.1. The Balaban J connectivity index is 2.70. The fraction of sp³-hybridized carbons (Fsp3) is 0.182.